The summed E-state index contributed by atoms with van der Waals surface area (Å²) >= 11 is 0. The molecule has 0 aliphatic carbocycles. The maximum absolute atomic E-state index is 12.6. The highest BCUT2D eigenvalue weighted by Gasteiger charge is 2.24. The Morgan fingerprint density at radius 3 is 2.75 bits per heavy atom. The van der Waals surface area contributed by atoms with Crippen LogP contribution in [0.25, 0.3) is 22.3 Å². The summed E-state index contributed by atoms with van der Waals surface area (Å²) in [4.78, 5) is 17.9. The molecule has 0 amide bonds. The van der Waals surface area contributed by atoms with Gasteiger partial charge in [-0.3, -0.25) is 14.5 Å². The Hall–Kier alpha value is -2.87. The molecule has 0 atom stereocenters. The van der Waals surface area contributed by atoms with Crippen molar-refractivity contribution in [2.75, 3.05) is 20.1 Å². The Labute approximate surface area is 160 Å². The number of pyridine rings is 1. The number of ether oxygens (including phenoxy) is 1. The van der Waals surface area contributed by atoms with E-state index in [4.69, 9.17) is 5.10 Å². The number of likely N-dealkylation sites (tertiary alicyclic amines) is 1. The van der Waals surface area contributed by atoms with Gasteiger partial charge in [0.15, 0.2) is 6.29 Å². The van der Waals surface area contributed by atoms with Gasteiger partial charge in [0.1, 0.15) is 17.0 Å². The number of rotatable bonds is 5. The number of alkyl halides is 2. The largest absolute Gasteiger partial charge is 0.435 e. The van der Waals surface area contributed by atoms with E-state index < -0.39 is 6.61 Å². The minimum Gasteiger partial charge on any atom is -0.435 e. The minimum absolute atomic E-state index is 0.0685. The van der Waals surface area contributed by atoms with Crippen LogP contribution in [0.4, 0.5) is 8.78 Å². The summed E-state index contributed by atoms with van der Waals surface area (Å²) in [7, 11) is 2.09. The number of hydrogen-bond acceptors (Lipinski definition) is 5. The van der Waals surface area contributed by atoms with Gasteiger partial charge >= 0.3 is 6.61 Å². The molecular formula is C20H20F2N4O2. The molecule has 2 aromatic heterocycles. The molecule has 1 aliphatic rings. The second-order valence-corrected chi connectivity index (χ2v) is 6.99. The molecule has 3 heterocycles. The van der Waals surface area contributed by atoms with Gasteiger partial charge < -0.3 is 9.64 Å². The third-order valence-electron chi connectivity index (χ3n) is 5.07. The maximum atomic E-state index is 12.6. The molecule has 0 unspecified atom stereocenters. The van der Waals surface area contributed by atoms with Gasteiger partial charge in [-0.05, 0) is 51.2 Å². The third kappa shape index (κ3) is 3.60. The lowest BCUT2D eigenvalue weighted by Crippen LogP contribution is -2.31. The van der Waals surface area contributed by atoms with Crippen LogP contribution in [0.3, 0.4) is 0 Å². The van der Waals surface area contributed by atoms with E-state index >= 15 is 0 Å². The van der Waals surface area contributed by atoms with Crippen molar-refractivity contribution in [3.63, 3.8) is 0 Å². The quantitative estimate of drug-likeness (QED) is 0.625. The van der Waals surface area contributed by atoms with Crippen molar-refractivity contribution in [2.24, 2.45) is 0 Å². The zero-order chi connectivity index (χ0) is 19.7. The van der Waals surface area contributed by atoms with Crippen LogP contribution in [0.1, 0.15) is 29.2 Å². The fraction of sp³-hybridized carbons (Fsp3) is 0.350. The van der Waals surface area contributed by atoms with Crippen LogP contribution in [0, 0.1) is 0 Å². The first-order valence-electron chi connectivity index (χ1n) is 9.12. The Kier molecular flexibility index (Phi) is 5.04. The molecule has 0 bridgehead atoms. The van der Waals surface area contributed by atoms with E-state index in [0.717, 1.165) is 37.7 Å². The first-order valence-corrected chi connectivity index (χ1v) is 9.12. The summed E-state index contributed by atoms with van der Waals surface area (Å²) in [6, 6.07) is 8.41. The SMILES string of the molecule is CN1CCC(n2nc(-c3cccc(OC(F)F)c3)c3ncc(C=O)cc32)CC1. The fourth-order valence-corrected chi connectivity index (χ4v) is 3.63. The number of carbonyl (C=O) groups excluding carboxylic acids is 1. The lowest BCUT2D eigenvalue weighted by atomic mass is 10.1. The molecule has 8 heteroatoms. The van der Waals surface area contributed by atoms with Crippen LogP contribution >= 0.6 is 0 Å². The molecule has 1 aliphatic heterocycles. The number of piperidine rings is 1. The van der Waals surface area contributed by atoms with E-state index in [0.29, 0.717) is 22.3 Å². The summed E-state index contributed by atoms with van der Waals surface area (Å²) in [5.74, 6) is 0.0685. The zero-order valence-electron chi connectivity index (χ0n) is 15.4. The zero-order valence-corrected chi connectivity index (χ0v) is 15.4. The highest BCUT2D eigenvalue weighted by Crippen LogP contribution is 2.33. The average molecular weight is 386 g/mol. The summed E-state index contributed by atoms with van der Waals surface area (Å²) < 4.78 is 31.6. The van der Waals surface area contributed by atoms with Gasteiger partial charge in [-0.2, -0.15) is 13.9 Å². The second kappa shape index (κ2) is 7.63. The molecule has 6 nitrogen and oxygen atoms in total. The van der Waals surface area contributed by atoms with Crippen molar-refractivity contribution in [1.29, 1.82) is 0 Å². The maximum Gasteiger partial charge on any atom is 0.387 e. The van der Waals surface area contributed by atoms with Gasteiger partial charge in [-0.25, -0.2) is 0 Å². The van der Waals surface area contributed by atoms with Crippen LogP contribution in [-0.2, 0) is 0 Å². The Morgan fingerprint density at radius 1 is 1.25 bits per heavy atom. The van der Waals surface area contributed by atoms with Crippen molar-refractivity contribution in [2.45, 2.75) is 25.5 Å². The number of halogens is 2. The Bertz CT molecular complexity index is 997. The number of hydrogen-bond donors (Lipinski definition) is 0. The molecular weight excluding hydrogens is 366 g/mol. The van der Waals surface area contributed by atoms with E-state index in [-0.39, 0.29) is 11.8 Å². The lowest BCUT2D eigenvalue weighted by Gasteiger charge is -2.29. The molecule has 0 spiro atoms. The van der Waals surface area contributed by atoms with E-state index in [1.165, 1.54) is 18.3 Å². The summed E-state index contributed by atoms with van der Waals surface area (Å²) in [6.45, 7) is -0.975. The van der Waals surface area contributed by atoms with Crippen molar-refractivity contribution in [3.05, 3.63) is 42.1 Å². The average Bonchev–Trinajstić information content (AvgIpc) is 3.07. The van der Waals surface area contributed by atoms with E-state index in [9.17, 15) is 13.6 Å². The number of nitrogens with zero attached hydrogens (tertiary/aromatic N) is 4. The van der Waals surface area contributed by atoms with Gasteiger partial charge in [-0.15, -0.1) is 0 Å². The van der Waals surface area contributed by atoms with Crippen molar-refractivity contribution in [1.82, 2.24) is 19.7 Å². The van der Waals surface area contributed by atoms with Crippen LogP contribution in [0.5, 0.6) is 5.75 Å². The highest BCUT2D eigenvalue weighted by molar-refractivity contribution is 5.93. The van der Waals surface area contributed by atoms with E-state index in [1.807, 2.05) is 4.68 Å². The number of carbonyl (C=O) groups is 1. The minimum atomic E-state index is -2.89. The number of benzene rings is 1. The van der Waals surface area contributed by atoms with Crippen LogP contribution < -0.4 is 4.74 Å². The molecule has 28 heavy (non-hydrogen) atoms. The number of fused-ring (bicyclic) bond motifs is 1. The van der Waals surface area contributed by atoms with Crippen molar-refractivity contribution < 1.29 is 18.3 Å². The normalized spacial score (nSPS) is 16.0. The smallest absolute Gasteiger partial charge is 0.387 e. The van der Waals surface area contributed by atoms with Crippen molar-refractivity contribution >= 4 is 17.3 Å². The molecule has 4 rings (SSSR count). The molecule has 1 saturated heterocycles. The predicted octanol–water partition coefficient (Wildman–Crippen LogP) is 3.78. The number of aldehydes is 1. The van der Waals surface area contributed by atoms with Crippen LogP contribution in [0.15, 0.2) is 36.5 Å². The number of aromatic nitrogens is 3. The molecule has 0 saturated carbocycles. The topological polar surface area (TPSA) is 60.3 Å². The Balaban J connectivity index is 1.82. The van der Waals surface area contributed by atoms with E-state index in [1.54, 1.807) is 18.2 Å². The summed E-state index contributed by atoms with van der Waals surface area (Å²) in [5, 5.41) is 4.78. The van der Waals surface area contributed by atoms with Crippen molar-refractivity contribution in [3.8, 4) is 17.0 Å². The van der Waals surface area contributed by atoms with E-state index in [2.05, 4.69) is 21.7 Å². The molecule has 0 radical (unpaired) electrons. The highest BCUT2D eigenvalue weighted by atomic mass is 19.3. The predicted molar refractivity (Wildman–Crippen MR) is 101 cm³/mol. The molecule has 1 fully saturated rings. The van der Waals surface area contributed by atoms with Crippen LogP contribution in [-0.4, -0.2) is 52.7 Å². The standard InChI is InChI=1S/C20H20F2N4O2/c1-25-7-5-15(6-8-25)26-17-9-13(12-27)11-23-19(17)18(24-26)14-3-2-4-16(10-14)28-20(21)22/h2-4,9-12,15,20H,5-8H2,1H3. The lowest BCUT2D eigenvalue weighted by molar-refractivity contribution is -0.0498. The van der Waals surface area contributed by atoms with Gasteiger partial charge in [0, 0.05) is 17.3 Å². The fourth-order valence-electron chi connectivity index (χ4n) is 3.63. The first-order chi connectivity index (χ1) is 13.5. The molecule has 146 valence electrons. The molecule has 0 N–H and O–H groups in total. The first kappa shape index (κ1) is 18.5. The van der Waals surface area contributed by atoms with Gasteiger partial charge in [0.05, 0.1) is 11.6 Å². The Morgan fingerprint density at radius 2 is 2.04 bits per heavy atom. The molecule has 1 aromatic carbocycles. The third-order valence-corrected chi connectivity index (χ3v) is 5.07. The van der Waals surface area contributed by atoms with Crippen LogP contribution in [0.2, 0.25) is 0 Å². The van der Waals surface area contributed by atoms with Gasteiger partial charge in [-0.1, -0.05) is 12.1 Å². The monoisotopic (exact) mass is 386 g/mol. The second-order valence-electron chi connectivity index (χ2n) is 6.99. The molecule has 3 aromatic rings. The van der Waals surface area contributed by atoms with Gasteiger partial charge in [0.2, 0.25) is 0 Å². The summed E-state index contributed by atoms with van der Waals surface area (Å²) in [5.41, 5.74) is 3.11. The summed E-state index contributed by atoms with van der Waals surface area (Å²) in [6.07, 6.45) is 4.13. The van der Waals surface area contributed by atoms with Gasteiger partial charge in [0.25, 0.3) is 0 Å².